The standard InChI is InChI=1S/C15H27N5O/c1-5-16-15(18-8-7-17-14(21)12(2)3)19-10-13-6-9-20(4)11-13/h6,9,11-12H,5,7-8,10H2,1-4H3,(H,17,21)(H2,16,18,19). The molecule has 0 bridgehead atoms. The molecule has 0 aliphatic carbocycles. The van der Waals surface area contributed by atoms with Gasteiger partial charge in [0.1, 0.15) is 0 Å². The van der Waals surface area contributed by atoms with Crippen molar-refractivity contribution in [2.45, 2.75) is 27.3 Å². The zero-order valence-corrected chi connectivity index (χ0v) is 13.4. The third kappa shape index (κ3) is 6.83. The van der Waals surface area contributed by atoms with Crippen molar-refractivity contribution in [1.82, 2.24) is 20.5 Å². The molecule has 1 rings (SSSR count). The van der Waals surface area contributed by atoms with E-state index in [0.29, 0.717) is 19.6 Å². The summed E-state index contributed by atoms with van der Waals surface area (Å²) >= 11 is 0. The number of rotatable bonds is 7. The van der Waals surface area contributed by atoms with Crippen molar-refractivity contribution in [2.75, 3.05) is 19.6 Å². The van der Waals surface area contributed by atoms with Crippen LogP contribution in [0.4, 0.5) is 0 Å². The summed E-state index contributed by atoms with van der Waals surface area (Å²) in [6.45, 7) is 8.47. The molecule has 0 saturated carbocycles. The van der Waals surface area contributed by atoms with Crippen molar-refractivity contribution in [2.24, 2.45) is 18.0 Å². The Labute approximate surface area is 127 Å². The minimum Gasteiger partial charge on any atom is -0.357 e. The number of guanidine groups is 1. The van der Waals surface area contributed by atoms with Crippen LogP contribution in [0.3, 0.4) is 0 Å². The van der Waals surface area contributed by atoms with E-state index < -0.39 is 0 Å². The van der Waals surface area contributed by atoms with Crippen LogP contribution in [0.2, 0.25) is 0 Å². The molecule has 6 heteroatoms. The molecule has 0 unspecified atom stereocenters. The van der Waals surface area contributed by atoms with Gasteiger partial charge in [0.15, 0.2) is 5.96 Å². The van der Waals surface area contributed by atoms with Crippen LogP contribution in [0.25, 0.3) is 0 Å². The lowest BCUT2D eigenvalue weighted by Crippen LogP contribution is -2.42. The molecular formula is C15H27N5O. The zero-order chi connectivity index (χ0) is 15.7. The van der Waals surface area contributed by atoms with Gasteiger partial charge in [-0.05, 0) is 18.6 Å². The number of aromatic nitrogens is 1. The lowest BCUT2D eigenvalue weighted by atomic mass is 10.2. The number of aliphatic imine (C=N–C) groups is 1. The number of nitrogens with zero attached hydrogens (tertiary/aromatic N) is 2. The summed E-state index contributed by atoms with van der Waals surface area (Å²) in [6.07, 6.45) is 4.06. The van der Waals surface area contributed by atoms with Crippen molar-refractivity contribution < 1.29 is 4.79 Å². The van der Waals surface area contributed by atoms with Gasteiger partial charge in [0, 0.05) is 45.0 Å². The predicted molar refractivity (Wildman–Crippen MR) is 86.1 cm³/mol. The van der Waals surface area contributed by atoms with Gasteiger partial charge in [-0.25, -0.2) is 4.99 Å². The second kappa shape index (κ2) is 9.05. The maximum atomic E-state index is 11.4. The van der Waals surface area contributed by atoms with Crippen LogP contribution in [0.1, 0.15) is 26.3 Å². The first-order valence-corrected chi connectivity index (χ1v) is 7.43. The monoisotopic (exact) mass is 293 g/mol. The quantitative estimate of drug-likeness (QED) is 0.396. The van der Waals surface area contributed by atoms with E-state index in [9.17, 15) is 4.79 Å². The van der Waals surface area contributed by atoms with Gasteiger partial charge in [0.2, 0.25) is 5.91 Å². The summed E-state index contributed by atoms with van der Waals surface area (Å²) in [5.41, 5.74) is 1.17. The Bertz CT molecular complexity index is 464. The first-order valence-electron chi connectivity index (χ1n) is 7.43. The Morgan fingerprint density at radius 3 is 2.57 bits per heavy atom. The number of hydrogen-bond acceptors (Lipinski definition) is 2. The molecular weight excluding hydrogens is 266 g/mol. The summed E-state index contributed by atoms with van der Waals surface area (Å²) in [7, 11) is 1.99. The highest BCUT2D eigenvalue weighted by molar-refractivity contribution is 5.80. The van der Waals surface area contributed by atoms with E-state index in [0.717, 1.165) is 12.5 Å². The van der Waals surface area contributed by atoms with Gasteiger partial charge >= 0.3 is 0 Å². The third-order valence-corrected chi connectivity index (χ3v) is 2.90. The predicted octanol–water partition coefficient (Wildman–Crippen LogP) is 0.852. The number of carbonyl (C=O) groups is 1. The fourth-order valence-corrected chi connectivity index (χ4v) is 1.74. The van der Waals surface area contributed by atoms with Gasteiger partial charge in [-0.3, -0.25) is 4.79 Å². The normalized spacial score (nSPS) is 11.6. The highest BCUT2D eigenvalue weighted by atomic mass is 16.1. The summed E-state index contributed by atoms with van der Waals surface area (Å²) in [5, 5.41) is 9.27. The maximum absolute atomic E-state index is 11.4. The largest absolute Gasteiger partial charge is 0.357 e. The van der Waals surface area contributed by atoms with Gasteiger partial charge in [-0.1, -0.05) is 13.8 Å². The molecule has 0 atom stereocenters. The van der Waals surface area contributed by atoms with Crippen LogP contribution >= 0.6 is 0 Å². The summed E-state index contributed by atoms with van der Waals surface area (Å²) in [6, 6.07) is 2.05. The Hall–Kier alpha value is -1.98. The first-order chi connectivity index (χ1) is 10.0. The van der Waals surface area contributed by atoms with Crippen LogP contribution in [0, 0.1) is 5.92 Å². The molecule has 3 N–H and O–H groups in total. The van der Waals surface area contributed by atoms with Crippen molar-refractivity contribution in [3.05, 3.63) is 24.0 Å². The highest BCUT2D eigenvalue weighted by Crippen LogP contribution is 2.00. The van der Waals surface area contributed by atoms with E-state index in [2.05, 4.69) is 33.2 Å². The van der Waals surface area contributed by atoms with E-state index in [4.69, 9.17) is 0 Å². The minimum absolute atomic E-state index is 0.0185. The van der Waals surface area contributed by atoms with Gasteiger partial charge in [0.25, 0.3) is 0 Å². The molecule has 1 amide bonds. The average Bonchev–Trinajstić information content (AvgIpc) is 2.86. The Kier molecular flexibility index (Phi) is 7.36. The lowest BCUT2D eigenvalue weighted by molar-refractivity contribution is -0.123. The number of hydrogen-bond donors (Lipinski definition) is 3. The van der Waals surface area contributed by atoms with Crippen LogP contribution < -0.4 is 16.0 Å². The van der Waals surface area contributed by atoms with Gasteiger partial charge in [0.05, 0.1) is 6.54 Å². The van der Waals surface area contributed by atoms with Crippen LogP contribution in [-0.4, -0.2) is 36.1 Å². The number of carbonyl (C=O) groups excluding carboxylic acids is 1. The zero-order valence-electron chi connectivity index (χ0n) is 13.4. The lowest BCUT2D eigenvalue weighted by Gasteiger charge is -2.12. The van der Waals surface area contributed by atoms with E-state index >= 15 is 0 Å². The molecule has 0 fully saturated rings. The van der Waals surface area contributed by atoms with Crippen molar-refractivity contribution in [3.63, 3.8) is 0 Å². The molecule has 0 saturated heterocycles. The number of nitrogens with one attached hydrogen (secondary N) is 3. The van der Waals surface area contributed by atoms with Crippen molar-refractivity contribution in [1.29, 1.82) is 0 Å². The summed E-state index contributed by atoms with van der Waals surface area (Å²) in [5.74, 6) is 0.855. The van der Waals surface area contributed by atoms with Crippen LogP contribution in [0.5, 0.6) is 0 Å². The molecule has 0 aromatic carbocycles. The van der Waals surface area contributed by atoms with Gasteiger partial charge in [-0.15, -0.1) is 0 Å². The molecule has 0 aliphatic heterocycles. The average molecular weight is 293 g/mol. The summed E-state index contributed by atoms with van der Waals surface area (Å²) in [4.78, 5) is 16.0. The highest BCUT2D eigenvalue weighted by Gasteiger charge is 2.05. The molecule has 1 heterocycles. The van der Waals surface area contributed by atoms with Gasteiger partial charge < -0.3 is 20.5 Å². The Morgan fingerprint density at radius 2 is 2.00 bits per heavy atom. The van der Waals surface area contributed by atoms with Crippen molar-refractivity contribution in [3.8, 4) is 0 Å². The molecule has 6 nitrogen and oxygen atoms in total. The fourth-order valence-electron chi connectivity index (χ4n) is 1.74. The van der Waals surface area contributed by atoms with Crippen LogP contribution in [-0.2, 0) is 18.4 Å². The molecule has 0 radical (unpaired) electrons. The Balaban J connectivity index is 2.37. The SMILES string of the molecule is CCNC(=NCc1ccn(C)c1)NCCNC(=O)C(C)C. The molecule has 1 aromatic heterocycles. The van der Waals surface area contributed by atoms with E-state index in [1.54, 1.807) is 0 Å². The number of amides is 1. The van der Waals surface area contributed by atoms with E-state index in [-0.39, 0.29) is 11.8 Å². The third-order valence-electron chi connectivity index (χ3n) is 2.90. The molecule has 0 aliphatic rings. The van der Waals surface area contributed by atoms with Crippen LogP contribution in [0.15, 0.2) is 23.5 Å². The second-order valence-corrected chi connectivity index (χ2v) is 5.25. The van der Waals surface area contributed by atoms with Crippen molar-refractivity contribution >= 4 is 11.9 Å². The first kappa shape index (κ1) is 17.1. The van der Waals surface area contributed by atoms with E-state index in [1.165, 1.54) is 5.56 Å². The smallest absolute Gasteiger partial charge is 0.222 e. The fraction of sp³-hybridized carbons (Fsp3) is 0.600. The molecule has 0 spiro atoms. The maximum Gasteiger partial charge on any atom is 0.222 e. The second-order valence-electron chi connectivity index (χ2n) is 5.25. The summed E-state index contributed by atoms with van der Waals surface area (Å²) < 4.78 is 2.01. The number of aryl methyl sites for hydroxylation is 1. The van der Waals surface area contributed by atoms with E-state index in [1.807, 2.05) is 38.6 Å². The molecule has 1 aromatic rings. The minimum atomic E-state index is 0.0185. The topological polar surface area (TPSA) is 70.5 Å². The molecule has 118 valence electrons. The Morgan fingerprint density at radius 1 is 1.29 bits per heavy atom. The van der Waals surface area contributed by atoms with Gasteiger partial charge in [-0.2, -0.15) is 0 Å². The molecule has 21 heavy (non-hydrogen) atoms.